The van der Waals surface area contributed by atoms with Crippen LogP contribution in [0.4, 0.5) is 0 Å². The first-order chi connectivity index (χ1) is 16.5. The number of para-hydroxylation sites is 2. The van der Waals surface area contributed by atoms with Gasteiger partial charge in [-0.15, -0.1) is 0 Å². The summed E-state index contributed by atoms with van der Waals surface area (Å²) < 4.78 is 5.65. The fraction of sp³-hybridized carbons (Fsp3) is 0.385. The number of carbonyl (C=O) groups is 2. The summed E-state index contributed by atoms with van der Waals surface area (Å²) in [4.78, 5) is 49.2. The molecule has 0 spiro atoms. The highest BCUT2D eigenvalue weighted by Gasteiger charge is 2.31. The van der Waals surface area contributed by atoms with Crippen LogP contribution >= 0.6 is 0 Å². The minimum Gasteiger partial charge on any atom is -0.493 e. The molecule has 2 heterocycles. The van der Waals surface area contributed by atoms with Crippen molar-refractivity contribution < 1.29 is 14.3 Å². The minimum absolute atomic E-state index is 0.00277. The van der Waals surface area contributed by atoms with Gasteiger partial charge in [-0.05, 0) is 44.0 Å². The second-order valence-corrected chi connectivity index (χ2v) is 8.47. The molecule has 34 heavy (non-hydrogen) atoms. The van der Waals surface area contributed by atoms with Crippen LogP contribution < -0.4 is 10.3 Å². The molecule has 1 N–H and O–H groups in total. The Morgan fingerprint density at radius 1 is 1.15 bits per heavy atom. The largest absolute Gasteiger partial charge is 0.493 e. The van der Waals surface area contributed by atoms with Crippen LogP contribution in [0.15, 0.2) is 59.4 Å². The minimum atomic E-state index is -0.264. The van der Waals surface area contributed by atoms with Crippen LogP contribution in [0.25, 0.3) is 10.9 Å². The number of carbonyl (C=O) groups excluding carboxylic acids is 2. The first-order valence-electron chi connectivity index (χ1n) is 11.8. The molecule has 0 saturated carbocycles. The molecule has 1 aliphatic rings. The molecule has 1 saturated heterocycles. The van der Waals surface area contributed by atoms with Gasteiger partial charge in [-0.1, -0.05) is 30.3 Å². The number of hydrogen-bond acceptors (Lipinski definition) is 5. The summed E-state index contributed by atoms with van der Waals surface area (Å²) in [6.07, 6.45) is 1.79. The van der Waals surface area contributed by atoms with Crippen LogP contribution in [-0.4, -0.2) is 57.8 Å². The number of nitrogens with zero attached hydrogens (tertiary/aromatic N) is 3. The lowest BCUT2D eigenvalue weighted by atomic mass is 9.96. The Labute approximate surface area is 198 Å². The number of likely N-dealkylation sites (tertiary alicyclic amines) is 1. The van der Waals surface area contributed by atoms with Crippen molar-refractivity contribution in [1.82, 2.24) is 19.8 Å². The number of aromatic amines is 1. The Kier molecular flexibility index (Phi) is 7.57. The predicted molar refractivity (Wildman–Crippen MR) is 129 cm³/mol. The number of nitrogens with one attached hydrogen (secondary N) is 1. The van der Waals surface area contributed by atoms with Gasteiger partial charge in [0.15, 0.2) is 0 Å². The van der Waals surface area contributed by atoms with Crippen molar-refractivity contribution in [3.05, 3.63) is 70.8 Å². The van der Waals surface area contributed by atoms with Gasteiger partial charge in [0.25, 0.3) is 5.56 Å². The molecule has 8 heteroatoms. The van der Waals surface area contributed by atoms with Crippen molar-refractivity contribution in [3.63, 3.8) is 0 Å². The molecule has 1 fully saturated rings. The Morgan fingerprint density at radius 3 is 2.71 bits per heavy atom. The average Bonchev–Trinajstić information content (AvgIpc) is 2.87. The lowest BCUT2D eigenvalue weighted by molar-refractivity contribution is -0.141. The normalized spacial score (nSPS) is 15.8. The summed E-state index contributed by atoms with van der Waals surface area (Å²) in [5.41, 5.74) is 0.396. The first kappa shape index (κ1) is 23.5. The molecule has 178 valence electrons. The van der Waals surface area contributed by atoms with Crippen molar-refractivity contribution in [1.29, 1.82) is 0 Å². The third-order valence-electron chi connectivity index (χ3n) is 6.15. The number of fused-ring (bicyclic) bond motifs is 1. The van der Waals surface area contributed by atoms with Crippen molar-refractivity contribution in [2.75, 3.05) is 26.2 Å². The number of piperidine rings is 1. The number of amides is 2. The fourth-order valence-corrected chi connectivity index (χ4v) is 4.33. The SMILES string of the molecule is CCN(Cc1nc2ccccc2c(=O)[nH]1)C(=O)C1CCCN(C(=O)CCOc2ccccc2)C1. The maximum Gasteiger partial charge on any atom is 0.258 e. The van der Waals surface area contributed by atoms with Gasteiger partial charge < -0.3 is 19.5 Å². The third kappa shape index (κ3) is 5.62. The van der Waals surface area contributed by atoms with E-state index in [9.17, 15) is 14.4 Å². The molecule has 0 bridgehead atoms. The topological polar surface area (TPSA) is 95.6 Å². The molecular formula is C26H30N4O4. The second kappa shape index (κ2) is 11.0. The molecule has 4 rings (SSSR count). The van der Waals surface area contributed by atoms with Gasteiger partial charge in [-0.25, -0.2) is 4.98 Å². The Balaban J connectivity index is 1.35. The lowest BCUT2D eigenvalue weighted by Crippen LogP contribution is -2.47. The van der Waals surface area contributed by atoms with E-state index in [1.54, 1.807) is 28.0 Å². The van der Waals surface area contributed by atoms with Crippen molar-refractivity contribution in [3.8, 4) is 5.75 Å². The Hall–Kier alpha value is -3.68. The lowest BCUT2D eigenvalue weighted by Gasteiger charge is -2.34. The number of rotatable bonds is 8. The van der Waals surface area contributed by atoms with E-state index in [1.165, 1.54) is 0 Å². The number of H-pyrrole nitrogens is 1. The molecule has 2 amide bonds. The summed E-state index contributed by atoms with van der Waals surface area (Å²) in [6, 6.07) is 16.6. The van der Waals surface area contributed by atoms with Crippen LogP contribution in [0.3, 0.4) is 0 Å². The standard InChI is InChI=1S/C26H30N4O4/c1-2-29(18-23-27-22-13-7-6-12-21(22)25(32)28-23)26(33)19-9-8-15-30(17-19)24(31)14-16-34-20-10-4-3-5-11-20/h3-7,10-13,19H,2,8-9,14-18H2,1H3,(H,27,28,32). The van der Waals surface area contributed by atoms with Gasteiger partial charge in [-0.3, -0.25) is 14.4 Å². The van der Waals surface area contributed by atoms with Crippen LogP contribution in [0.2, 0.25) is 0 Å². The highest BCUT2D eigenvalue weighted by Crippen LogP contribution is 2.21. The molecule has 1 atom stereocenters. The number of ether oxygens (including phenoxy) is 1. The highest BCUT2D eigenvalue weighted by atomic mass is 16.5. The molecule has 8 nitrogen and oxygen atoms in total. The van der Waals surface area contributed by atoms with Gasteiger partial charge in [0.1, 0.15) is 11.6 Å². The maximum absolute atomic E-state index is 13.3. The summed E-state index contributed by atoms with van der Waals surface area (Å²) in [7, 11) is 0. The van der Waals surface area contributed by atoms with Gasteiger partial charge >= 0.3 is 0 Å². The van der Waals surface area contributed by atoms with Crippen LogP contribution in [0, 0.1) is 5.92 Å². The Bertz CT molecular complexity index is 1190. The molecule has 2 aromatic carbocycles. The van der Waals surface area contributed by atoms with E-state index in [-0.39, 0.29) is 36.3 Å². The van der Waals surface area contributed by atoms with Gasteiger partial charge in [-0.2, -0.15) is 0 Å². The van der Waals surface area contributed by atoms with E-state index < -0.39 is 0 Å². The maximum atomic E-state index is 13.3. The van der Waals surface area contributed by atoms with E-state index in [0.717, 1.165) is 18.6 Å². The van der Waals surface area contributed by atoms with E-state index in [2.05, 4.69) is 9.97 Å². The van der Waals surface area contributed by atoms with Crippen molar-refractivity contribution in [2.45, 2.75) is 32.7 Å². The van der Waals surface area contributed by atoms with E-state index in [1.807, 2.05) is 43.3 Å². The molecule has 0 radical (unpaired) electrons. The van der Waals surface area contributed by atoms with Gasteiger partial charge in [0.2, 0.25) is 11.8 Å². The number of hydrogen-bond donors (Lipinski definition) is 1. The fourth-order valence-electron chi connectivity index (χ4n) is 4.33. The summed E-state index contributed by atoms with van der Waals surface area (Å²) in [6.45, 7) is 3.99. The molecule has 3 aromatic rings. The van der Waals surface area contributed by atoms with Crippen LogP contribution in [-0.2, 0) is 16.1 Å². The van der Waals surface area contributed by atoms with Crippen molar-refractivity contribution in [2.24, 2.45) is 5.92 Å². The zero-order chi connectivity index (χ0) is 23.9. The third-order valence-corrected chi connectivity index (χ3v) is 6.15. The van der Waals surface area contributed by atoms with Crippen molar-refractivity contribution >= 4 is 22.7 Å². The van der Waals surface area contributed by atoms with Crippen LogP contribution in [0.5, 0.6) is 5.75 Å². The molecule has 1 aliphatic heterocycles. The molecule has 1 unspecified atom stereocenters. The summed E-state index contributed by atoms with van der Waals surface area (Å²) in [5, 5.41) is 0.526. The zero-order valence-electron chi connectivity index (χ0n) is 19.4. The summed E-state index contributed by atoms with van der Waals surface area (Å²) >= 11 is 0. The smallest absolute Gasteiger partial charge is 0.258 e. The van der Waals surface area contributed by atoms with Crippen LogP contribution in [0.1, 0.15) is 32.0 Å². The monoisotopic (exact) mass is 462 g/mol. The van der Waals surface area contributed by atoms with Gasteiger partial charge in [0, 0.05) is 19.6 Å². The summed E-state index contributed by atoms with van der Waals surface area (Å²) in [5.74, 6) is 0.912. The predicted octanol–water partition coefficient (Wildman–Crippen LogP) is 2.98. The number of aromatic nitrogens is 2. The molecule has 0 aliphatic carbocycles. The average molecular weight is 463 g/mol. The quantitative estimate of drug-likeness (QED) is 0.555. The highest BCUT2D eigenvalue weighted by molar-refractivity contribution is 5.81. The van der Waals surface area contributed by atoms with E-state index >= 15 is 0 Å². The Morgan fingerprint density at radius 2 is 1.91 bits per heavy atom. The van der Waals surface area contributed by atoms with Gasteiger partial charge in [0.05, 0.1) is 36.4 Å². The molecule has 1 aromatic heterocycles. The first-order valence-corrected chi connectivity index (χ1v) is 11.8. The van der Waals surface area contributed by atoms with E-state index in [0.29, 0.717) is 43.0 Å². The zero-order valence-corrected chi connectivity index (χ0v) is 19.4. The second-order valence-electron chi connectivity index (χ2n) is 8.47. The number of benzene rings is 2. The molecular weight excluding hydrogens is 432 g/mol. The van der Waals surface area contributed by atoms with E-state index in [4.69, 9.17) is 4.74 Å².